The first-order chi connectivity index (χ1) is 25.3. The van der Waals surface area contributed by atoms with Gasteiger partial charge in [-0.15, -0.1) is 0 Å². The molecule has 12 aromatic rings. The van der Waals surface area contributed by atoms with E-state index in [1.54, 1.807) is 0 Å². The summed E-state index contributed by atoms with van der Waals surface area (Å²) in [5, 5.41) is 9.95. The Bertz CT molecular complexity index is 3360. The van der Waals surface area contributed by atoms with Crippen molar-refractivity contribution in [1.29, 1.82) is 0 Å². The molecule has 8 aromatic carbocycles. The molecule has 0 N–H and O–H groups in total. The summed E-state index contributed by atoms with van der Waals surface area (Å²) in [6.45, 7) is 0. The molecule has 0 saturated carbocycles. The number of hydrogen-bond acceptors (Lipinski definition) is 1. The van der Waals surface area contributed by atoms with Gasteiger partial charge in [-0.05, 0) is 88.3 Å². The van der Waals surface area contributed by atoms with Gasteiger partial charge in [0.1, 0.15) is 11.2 Å². The van der Waals surface area contributed by atoms with E-state index >= 15 is 0 Å². The quantitative estimate of drug-likeness (QED) is 0.187. The first kappa shape index (κ1) is 27.0. The fourth-order valence-electron chi connectivity index (χ4n) is 8.94. The molecule has 12 rings (SSSR count). The minimum absolute atomic E-state index is 0.910. The van der Waals surface area contributed by atoms with Gasteiger partial charge in [-0.2, -0.15) is 0 Å². The van der Waals surface area contributed by atoms with Gasteiger partial charge in [0.15, 0.2) is 0 Å². The van der Waals surface area contributed by atoms with E-state index in [0.717, 1.165) is 27.6 Å². The molecule has 0 radical (unpaired) electrons. The highest BCUT2D eigenvalue weighted by Crippen LogP contribution is 2.47. The zero-order valence-corrected chi connectivity index (χ0v) is 27.5. The van der Waals surface area contributed by atoms with Crippen molar-refractivity contribution >= 4 is 81.8 Å². The number of fused-ring (bicyclic) bond motifs is 9. The van der Waals surface area contributed by atoms with Crippen molar-refractivity contribution in [3.63, 3.8) is 0 Å². The zero-order valence-electron chi connectivity index (χ0n) is 27.5. The molecule has 3 nitrogen and oxygen atoms in total. The molecule has 0 bridgehead atoms. The molecule has 0 aliphatic heterocycles. The lowest BCUT2D eigenvalue weighted by Crippen LogP contribution is -1.94. The maximum atomic E-state index is 6.28. The van der Waals surface area contributed by atoms with Crippen LogP contribution in [0.3, 0.4) is 0 Å². The topological polar surface area (TPSA) is 22.5 Å². The third-order valence-corrected chi connectivity index (χ3v) is 11.0. The largest absolute Gasteiger partial charge is 0.456 e. The Hall–Kier alpha value is -6.84. The number of benzene rings is 8. The van der Waals surface area contributed by atoms with Crippen LogP contribution >= 0.6 is 0 Å². The summed E-state index contributed by atoms with van der Waals surface area (Å²) in [5.74, 6) is 0. The van der Waals surface area contributed by atoms with Crippen molar-refractivity contribution in [1.82, 2.24) is 8.97 Å². The molecule has 4 aromatic heterocycles. The van der Waals surface area contributed by atoms with Crippen molar-refractivity contribution in [3.8, 4) is 27.9 Å². The third-order valence-electron chi connectivity index (χ3n) is 11.0. The summed E-state index contributed by atoms with van der Waals surface area (Å²) in [7, 11) is 0. The molecule has 236 valence electrons. The van der Waals surface area contributed by atoms with E-state index < -0.39 is 0 Å². The molecular formula is C48H28N2O. The molecule has 0 amide bonds. The van der Waals surface area contributed by atoms with E-state index in [9.17, 15) is 0 Å². The molecule has 0 saturated heterocycles. The second kappa shape index (κ2) is 9.87. The van der Waals surface area contributed by atoms with Crippen LogP contribution in [-0.4, -0.2) is 8.97 Å². The van der Waals surface area contributed by atoms with Crippen molar-refractivity contribution in [2.24, 2.45) is 0 Å². The van der Waals surface area contributed by atoms with E-state index in [4.69, 9.17) is 4.42 Å². The number of aromatic nitrogens is 2. The van der Waals surface area contributed by atoms with Crippen LogP contribution in [0.15, 0.2) is 174 Å². The Balaban J connectivity index is 1.23. The Morgan fingerprint density at radius 1 is 0.353 bits per heavy atom. The van der Waals surface area contributed by atoms with E-state index in [1.807, 2.05) is 6.07 Å². The van der Waals surface area contributed by atoms with Gasteiger partial charge in [0.2, 0.25) is 0 Å². The highest BCUT2D eigenvalue weighted by molar-refractivity contribution is 6.33. The lowest BCUT2D eigenvalue weighted by atomic mass is 9.94. The first-order valence-corrected chi connectivity index (χ1v) is 17.5. The highest BCUT2D eigenvalue weighted by Gasteiger charge is 2.24. The van der Waals surface area contributed by atoms with Crippen LogP contribution in [0.2, 0.25) is 0 Å². The van der Waals surface area contributed by atoms with Crippen LogP contribution in [0.1, 0.15) is 0 Å². The number of nitrogens with zero attached hydrogens (tertiary/aromatic N) is 2. The Labute approximate surface area is 292 Å². The summed E-state index contributed by atoms with van der Waals surface area (Å²) in [4.78, 5) is 0. The maximum Gasteiger partial charge on any atom is 0.136 e. The number of para-hydroxylation sites is 4. The zero-order chi connectivity index (χ0) is 33.2. The van der Waals surface area contributed by atoms with E-state index in [1.165, 1.54) is 82.2 Å². The van der Waals surface area contributed by atoms with E-state index in [-0.39, 0.29) is 0 Å². The monoisotopic (exact) mass is 648 g/mol. The predicted molar refractivity (Wildman–Crippen MR) is 214 cm³/mol. The summed E-state index contributed by atoms with van der Waals surface area (Å²) >= 11 is 0. The molecule has 0 spiro atoms. The van der Waals surface area contributed by atoms with Crippen LogP contribution in [0.5, 0.6) is 0 Å². The molecule has 0 fully saturated rings. The van der Waals surface area contributed by atoms with Gasteiger partial charge in [0.25, 0.3) is 0 Å². The molecule has 51 heavy (non-hydrogen) atoms. The van der Waals surface area contributed by atoms with Gasteiger partial charge in [-0.1, -0.05) is 109 Å². The van der Waals surface area contributed by atoms with Crippen LogP contribution < -0.4 is 0 Å². The molecule has 0 aliphatic carbocycles. The molecule has 0 atom stereocenters. The van der Waals surface area contributed by atoms with Crippen molar-refractivity contribution in [2.45, 2.75) is 0 Å². The average molecular weight is 649 g/mol. The fourth-order valence-corrected chi connectivity index (χ4v) is 8.94. The molecule has 3 heteroatoms. The predicted octanol–water partition coefficient (Wildman–Crippen LogP) is 13.2. The lowest BCUT2D eigenvalue weighted by molar-refractivity contribution is 0.669. The van der Waals surface area contributed by atoms with Crippen LogP contribution in [-0.2, 0) is 0 Å². The van der Waals surface area contributed by atoms with Gasteiger partial charge < -0.3 is 13.4 Å². The van der Waals surface area contributed by atoms with Gasteiger partial charge in [0.05, 0.1) is 27.6 Å². The van der Waals surface area contributed by atoms with Gasteiger partial charge in [-0.3, -0.25) is 0 Å². The van der Waals surface area contributed by atoms with Gasteiger partial charge >= 0.3 is 0 Å². The standard InChI is InChI=1S/C48H28N2O/c1-2-14-32(15-3-1)49-41-25-24-36-34-16-4-7-20-39(34)50-40-21-8-5-17-35(40)38-27-31(28-42(49)46(38)47(41)48(36)50)29-12-10-13-30(26-29)33-19-11-23-44-45(33)37-18-6-9-22-43(37)51-44/h1-28H. The fraction of sp³-hybridized carbons (Fsp3) is 0. The summed E-state index contributed by atoms with van der Waals surface area (Å²) < 4.78 is 11.3. The Kier molecular flexibility index (Phi) is 5.23. The normalized spacial score (nSPS) is 12.3. The smallest absolute Gasteiger partial charge is 0.136 e. The minimum atomic E-state index is 0.910. The van der Waals surface area contributed by atoms with Crippen molar-refractivity contribution in [2.75, 3.05) is 0 Å². The summed E-state index contributed by atoms with van der Waals surface area (Å²) in [6.07, 6.45) is 0. The first-order valence-electron chi connectivity index (χ1n) is 17.5. The van der Waals surface area contributed by atoms with Crippen LogP contribution in [0, 0.1) is 0 Å². The van der Waals surface area contributed by atoms with Crippen molar-refractivity contribution in [3.05, 3.63) is 170 Å². The second-order valence-corrected chi connectivity index (χ2v) is 13.7. The Morgan fingerprint density at radius 2 is 1.04 bits per heavy atom. The molecular weight excluding hydrogens is 621 g/mol. The van der Waals surface area contributed by atoms with Gasteiger partial charge in [0, 0.05) is 43.4 Å². The number of furan rings is 1. The van der Waals surface area contributed by atoms with Crippen LogP contribution in [0.25, 0.3) is 110 Å². The Morgan fingerprint density at radius 3 is 1.88 bits per heavy atom. The summed E-state index contributed by atoms with van der Waals surface area (Å²) in [5.41, 5.74) is 13.8. The lowest BCUT2D eigenvalue weighted by Gasteiger charge is -2.12. The number of hydrogen-bond donors (Lipinski definition) is 0. The second-order valence-electron chi connectivity index (χ2n) is 13.7. The maximum absolute atomic E-state index is 6.28. The van der Waals surface area contributed by atoms with E-state index in [0.29, 0.717) is 0 Å². The third kappa shape index (κ3) is 3.57. The summed E-state index contributed by atoms with van der Waals surface area (Å²) in [6, 6.07) is 61.8. The van der Waals surface area contributed by atoms with Crippen molar-refractivity contribution < 1.29 is 4.42 Å². The van der Waals surface area contributed by atoms with Crippen LogP contribution in [0.4, 0.5) is 0 Å². The average Bonchev–Trinajstić information content (AvgIpc) is 3.83. The highest BCUT2D eigenvalue weighted by atomic mass is 16.3. The molecule has 4 heterocycles. The van der Waals surface area contributed by atoms with Gasteiger partial charge in [-0.25, -0.2) is 0 Å². The SMILES string of the molecule is c1ccc(-n2c3cc(-c4cccc(-c5cccc6oc7ccccc7c56)c4)cc4c5ccccc5n5c6ccccc6c6ccc2c(c43)c65)cc1. The minimum Gasteiger partial charge on any atom is -0.456 e. The van der Waals surface area contributed by atoms with E-state index in [2.05, 4.69) is 173 Å². The molecule has 0 aliphatic rings. The number of rotatable bonds is 3. The molecule has 0 unspecified atom stereocenters.